The smallest absolute Gasteiger partial charge is 0.0862 e. The van der Waals surface area contributed by atoms with Crippen LogP contribution in [0.2, 0.25) is 5.02 Å². The molecule has 1 aromatic heterocycles. The quantitative estimate of drug-likeness (QED) is 0.808. The standard InChI is InChI=1S/C18H25ClN2O/c1-18(2,10-12-6-4-3-5-7-12)17(22)15-9-14(19)8-13-11-20-21-16(13)15/h8-9,11-12,17,22H,3-7,10H2,1-2H3,(H,20,21). The van der Waals surface area contributed by atoms with Crippen LogP contribution in [0.5, 0.6) is 0 Å². The zero-order valence-electron chi connectivity index (χ0n) is 13.4. The molecule has 2 N–H and O–H groups in total. The molecule has 1 fully saturated rings. The van der Waals surface area contributed by atoms with Crippen LogP contribution in [0.15, 0.2) is 18.3 Å². The lowest BCUT2D eigenvalue weighted by Crippen LogP contribution is -2.26. The van der Waals surface area contributed by atoms with Gasteiger partial charge in [0.1, 0.15) is 0 Å². The Kier molecular flexibility index (Phi) is 4.47. The van der Waals surface area contributed by atoms with E-state index >= 15 is 0 Å². The molecular weight excluding hydrogens is 296 g/mol. The number of benzene rings is 1. The summed E-state index contributed by atoms with van der Waals surface area (Å²) in [6.07, 6.45) is 8.88. The Morgan fingerprint density at radius 3 is 2.77 bits per heavy atom. The summed E-state index contributed by atoms with van der Waals surface area (Å²) in [4.78, 5) is 0. The monoisotopic (exact) mass is 320 g/mol. The van der Waals surface area contributed by atoms with Crippen molar-refractivity contribution in [3.63, 3.8) is 0 Å². The van der Waals surface area contributed by atoms with Crippen LogP contribution < -0.4 is 0 Å². The number of hydrogen-bond donors (Lipinski definition) is 2. The van der Waals surface area contributed by atoms with Gasteiger partial charge >= 0.3 is 0 Å². The average Bonchev–Trinajstić information content (AvgIpc) is 2.94. The van der Waals surface area contributed by atoms with Gasteiger partial charge in [0.05, 0.1) is 17.8 Å². The predicted molar refractivity (Wildman–Crippen MR) is 91.0 cm³/mol. The fourth-order valence-corrected chi connectivity index (χ4v) is 4.17. The molecule has 0 aliphatic heterocycles. The molecule has 2 aromatic rings. The molecule has 1 heterocycles. The van der Waals surface area contributed by atoms with Gasteiger partial charge in [-0.15, -0.1) is 0 Å². The fraction of sp³-hybridized carbons (Fsp3) is 0.611. The van der Waals surface area contributed by atoms with Crippen LogP contribution in [-0.2, 0) is 0 Å². The van der Waals surface area contributed by atoms with Crippen molar-refractivity contribution in [1.29, 1.82) is 0 Å². The number of hydrogen-bond acceptors (Lipinski definition) is 2. The first-order chi connectivity index (χ1) is 10.5. The SMILES string of the molecule is CC(C)(CC1CCCCC1)C(O)c1cc(Cl)cc2cn[nH]c12. The maximum absolute atomic E-state index is 11.0. The van der Waals surface area contributed by atoms with Gasteiger partial charge in [0.2, 0.25) is 0 Å². The van der Waals surface area contributed by atoms with Crippen molar-refractivity contribution in [1.82, 2.24) is 10.2 Å². The van der Waals surface area contributed by atoms with Crippen LogP contribution in [0.4, 0.5) is 0 Å². The highest BCUT2D eigenvalue weighted by molar-refractivity contribution is 6.31. The number of fused-ring (bicyclic) bond motifs is 1. The third-order valence-corrected chi connectivity index (χ3v) is 5.34. The molecule has 0 radical (unpaired) electrons. The molecule has 0 saturated heterocycles. The second kappa shape index (κ2) is 6.21. The zero-order valence-corrected chi connectivity index (χ0v) is 14.2. The van der Waals surface area contributed by atoms with Crippen LogP contribution in [0.25, 0.3) is 10.9 Å². The maximum Gasteiger partial charge on any atom is 0.0862 e. The van der Waals surface area contributed by atoms with Gasteiger partial charge in [-0.2, -0.15) is 5.10 Å². The minimum Gasteiger partial charge on any atom is -0.388 e. The molecule has 1 aromatic carbocycles. The first-order valence-electron chi connectivity index (χ1n) is 8.28. The van der Waals surface area contributed by atoms with Gasteiger partial charge in [-0.25, -0.2) is 0 Å². The summed E-state index contributed by atoms with van der Waals surface area (Å²) in [5.74, 6) is 0.731. The molecule has 1 atom stereocenters. The van der Waals surface area contributed by atoms with E-state index in [0.29, 0.717) is 5.02 Å². The molecule has 0 amide bonds. The Labute approximate surface area is 137 Å². The highest BCUT2D eigenvalue weighted by Gasteiger charge is 2.33. The summed E-state index contributed by atoms with van der Waals surface area (Å²) in [6, 6.07) is 3.75. The number of aromatic amines is 1. The summed E-state index contributed by atoms with van der Waals surface area (Å²) in [5.41, 5.74) is 1.58. The second-order valence-electron chi connectivity index (χ2n) is 7.43. The molecule has 0 bridgehead atoms. The number of aliphatic hydroxyl groups is 1. The second-order valence-corrected chi connectivity index (χ2v) is 7.86. The minimum atomic E-state index is -0.545. The molecule has 4 heteroatoms. The first kappa shape index (κ1) is 15.8. The van der Waals surface area contributed by atoms with Crippen LogP contribution >= 0.6 is 11.6 Å². The van der Waals surface area contributed by atoms with E-state index in [0.717, 1.165) is 28.8 Å². The van der Waals surface area contributed by atoms with Crippen molar-refractivity contribution >= 4 is 22.5 Å². The van der Waals surface area contributed by atoms with Crippen molar-refractivity contribution in [2.24, 2.45) is 11.3 Å². The molecular formula is C18H25ClN2O. The van der Waals surface area contributed by atoms with Crippen molar-refractivity contribution < 1.29 is 5.11 Å². The van der Waals surface area contributed by atoms with Gasteiger partial charge in [-0.3, -0.25) is 5.10 Å². The molecule has 22 heavy (non-hydrogen) atoms. The first-order valence-corrected chi connectivity index (χ1v) is 8.66. The minimum absolute atomic E-state index is 0.176. The third kappa shape index (κ3) is 3.16. The molecule has 3 rings (SSSR count). The lowest BCUT2D eigenvalue weighted by molar-refractivity contribution is 0.0271. The number of aliphatic hydroxyl groups excluding tert-OH is 1. The number of aromatic nitrogens is 2. The normalized spacial score (nSPS) is 18.7. The van der Waals surface area contributed by atoms with E-state index in [4.69, 9.17) is 11.6 Å². The topological polar surface area (TPSA) is 48.9 Å². The summed E-state index contributed by atoms with van der Waals surface area (Å²) in [6.45, 7) is 4.32. The van der Waals surface area contributed by atoms with Crippen LogP contribution in [0, 0.1) is 11.3 Å². The van der Waals surface area contributed by atoms with Gasteiger partial charge in [-0.05, 0) is 29.9 Å². The molecule has 1 unspecified atom stereocenters. The van der Waals surface area contributed by atoms with E-state index in [1.54, 1.807) is 6.20 Å². The van der Waals surface area contributed by atoms with Gasteiger partial charge in [-0.1, -0.05) is 57.6 Å². The zero-order chi connectivity index (χ0) is 15.7. The Morgan fingerprint density at radius 2 is 2.05 bits per heavy atom. The van der Waals surface area contributed by atoms with Crippen LogP contribution in [-0.4, -0.2) is 15.3 Å². The van der Waals surface area contributed by atoms with Gasteiger partial charge < -0.3 is 5.11 Å². The highest BCUT2D eigenvalue weighted by Crippen LogP contribution is 2.44. The number of rotatable bonds is 4. The molecule has 3 nitrogen and oxygen atoms in total. The van der Waals surface area contributed by atoms with Crippen molar-refractivity contribution in [3.05, 3.63) is 28.9 Å². The van der Waals surface area contributed by atoms with Gasteiger partial charge in [0.15, 0.2) is 0 Å². The number of nitrogens with zero attached hydrogens (tertiary/aromatic N) is 1. The van der Waals surface area contributed by atoms with E-state index < -0.39 is 6.10 Å². The van der Waals surface area contributed by atoms with Crippen LogP contribution in [0.3, 0.4) is 0 Å². The number of H-pyrrole nitrogens is 1. The summed E-state index contributed by atoms with van der Waals surface area (Å²) >= 11 is 6.21. The molecule has 1 aliphatic rings. The van der Waals surface area contributed by atoms with Gasteiger partial charge in [0.25, 0.3) is 0 Å². The molecule has 1 saturated carbocycles. The van der Waals surface area contributed by atoms with Crippen LogP contribution in [0.1, 0.15) is 64.0 Å². The Balaban J connectivity index is 1.86. The van der Waals surface area contributed by atoms with Crippen molar-refractivity contribution in [3.8, 4) is 0 Å². The van der Waals surface area contributed by atoms with Gasteiger partial charge in [0, 0.05) is 16.0 Å². The fourth-order valence-electron chi connectivity index (χ4n) is 3.93. The number of nitrogens with one attached hydrogen (secondary N) is 1. The number of halogens is 1. The Morgan fingerprint density at radius 1 is 1.32 bits per heavy atom. The summed E-state index contributed by atoms with van der Waals surface area (Å²) in [7, 11) is 0. The Hall–Kier alpha value is -1.06. The largest absolute Gasteiger partial charge is 0.388 e. The summed E-state index contributed by atoms with van der Waals surface area (Å²) in [5, 5.41) is 19.7. The van der Waals surface area contributed by atoms with Crippen molar-refractivity contribution in [2.45, 2.75) is 58.5 Å². The molecule has 1 aliphatic carbocycles. The van der Waals surface area contributed by atoms with E-state index in [1.807, 2.05) is 12.1 Å². The predicted octanol–water partition coefficient (Wildman–Crippen LogP) is 5.25. The lowest BCUT2D eigenvalue weighted by Gasteiger charge is -2.36. The third-order valence-electron chi connectivity index (χ3n) is 5.12. The summed E-state index contributed by atoms with van der Waals surface area (Å²) < 4.78 is 0. The van der Waals surface area contributed by atoms with E-state index in [9.17, 15) is 5.11 Å². The van der Waals surface area contributed by atoms with E-state index in [2.05, 4.69) is 24.0 Å². The van der Waals surface area contributed by atoms with E-state index in [-0.39, 0.29) is 5.41 Å². The maximum atomic E-state index is 11.0. The highest BCUT2D eigenvalue weighted by atomic mass is 35.5. The Bertz CT molecular complexity index is 644. The molecule has 120 valence electrons. The van der Waals surface area contributed by atoms with E-state index in [1.165, 1.54) is 32.1 Å². The average molecular weight is 321 g/mol. The lowest BCUT2D eigenvalue weighted by atomic mass is 9.72. The van der Waals surface area contributed by atoms with Crippen molar-refractivity contribution in [2.75, 3.05) is 0 Å². The molecule has 0 spiro atoms.